The molecule has 1 rings (SSSR count). The lowest BCUT2D eigenvalue weighted by Crippen LogP contribution is -2.33. The number of nitrogens with one attached hydrogen (secondary N) is 2. The summed E-state index contributed by atoms with van der Waals surface area (Å²) < 4.78 is 12.7. The monoisotopic (exact) mass is 344 g/mol. The summed E-state index contributed by atoms with van der Waals surface area (Å²) in [6, 6.07) is 5.53. The number of benzene rings is 1. The van der Waals surface area contributed by atoms with Gasteiger partial charge in [0.2, 0.25) is 11.8 Å². The van der Waals surface area contributed by atoms with E-state index in [9.17, 15) is 14.0 Å². The van der Waals surface area contributed by atoms with Crippen LogP contribution in [-0.4, -0.2) is 23.2 Å². The van der Waals surface area contributed by atoms with Crippen molar-refractivity contribution in [1.82, 2.24) is 5.32 Å². The number of anilines is 1. The minimum absolute atomic E-state index is 0.110. The highest BCUT2D eigenvalue weighted by Gasteiger charge is 2.13. The molecule has 20 heavy (non-hydrogen) atoms. The summed E-state index contributed by atoms with van der Waals surface area (Å²) in [6.07, 6.45) is 1.84. The Hall–Kier alpha value is -1.43. The topological polar surface area (TPSA) is 58.2 Å². The number of amides is 2. The van der Waals surface area contributed by atoms with Gasteiger partial charge in [0.15, 0.2) is 0 Å². The molecule has 6 heteroatoms. The van der Waals surface area contributed by atoms with Crippen LogP contribution < -0.4 is 10.6 Å². The molecule has 1 aromatic rings. The number of carbonyl (C=O) groups excluding carboxylic acids is 2. The van der Waals surface area contributed by atoms with Crippen molar-refractivity contribution < 1.29 is 14.0 Å². The molecule has 0 aliphatic heterocycles. The zero-order valence-corrected chi connectivity index (χ0v) is 12.9. The van der Waals surface area contributed by atoms with Crippen LogP contribution in [0, 0.1) is 5.82 Å². The number of hydrogen-bond acceptors (Lipinski definition) is 2. The molecule has 0 spiro atoms. The second-order valence-electron chi connectivity index (χ2n) is 4.35. The van der Waals surface area contributed by atoms with Crippen LogP contribution in [0.3, 0.4) is 0 Å². The normalized spacial score (nSPS) is 11.8. The number of rotatable bonds is 7. The van der Waals surface area contributed by atoms with Gasteiger partial charge in [-0.05, 0) is 30.7 Å². The van der Waals surface area contributed by atoms with Crippen LogP contribution in [0.4, 0.5) is 10.1 Å². The molecule has 0 bridgehead atoms. The first kappa shape index (κ1) is 16.6. The van der Waals surface area contributed by atoms with Crippen molar-refractivity contribution in [2.24, 2.45) is 0 Å². The maximum absolute atomic E-state index is 12.7. The Kier molecular flexibility index (Phi) is 7.22. The Morgan fingerprint density at radius 3 is 2.55 bits per heavy atom. The fourth-order valence-corrected chi connectivity index (χ4v) is 2.17. The van der Waals surface area contributed by atoms with Gasteiger partial charge in [0.05, 0.1) is 4.83 Å². The SMILES string of the molecule is CCC[C@H](Br)C(=O)NCCC(=O)Nc1ccc(F)cc1. The molecule has 1 aromatic carbocycles. The molecule has 0 heterocycles. The number of halogens is 2. The molecule has 0 aromatic heterocycles. The van der Waals surface area contributed by atoms with Crippen LogP contribution in [0.2, 0.25) is 0 Å². The molecule has 2 N–H and O–H groups in total. The molecular formula is C14H18BrFN2O2. The van der Waals surface area contributed by atoms with Gasteiger partial charge in [-0.2, -0.15) is 0 Å². The van der Waals surface area contributed by atoms with Crippen molar-refractivity contribution in [1.29, 1.82) is 0 Å². The van der Waals surface area contributed by atoms with Crippen molar-refractivity contribution in [3.05, 3.63) is 30.1 Å². The maximum Gasteiger partial charge on any atom is 0.233 e. The largest absolute Gasteiger partial charge is 0.355 e. The lowest BCUT2D eigenvalue weighted by atomic mass is 10.2. The Morgan fingerprint density at radius 2 is 1.95 bits per heavy atom. The molecule has 0 aliphatic carbocycles. The zero-order chi connectivity index (χ0) is 15.0. The van der Waals surface area contributed by atoms with E-state index in [0.29, 0.717) is 5.69 Å². The quantitative estimate of drug-likeness (QED) is 0.747. The molecule has 1 atom stereocenters. The number of carbonyl (C=O) groups is 2. The van der Waals surface area contributed by atoms with Crippen LogP contribution in [0.1, 0.15) is 26.2 Å². The van der Waals surface area contributed by atoms with Gasteiger partial charge >= 0.3 is 0 Å². The molecule has 0 fully saturated rings. The predicted octanol–water partition coefficient (Wildman–Crippen LogP) is 2.83. The molecule has 0 radical (unpaired) electrons. The third-order valence-corrected chi connectivity index (χ3v) is 3.48. The van der Waals surface area contributed by atoms with Crippen LogP contribution in [0.5, 0.6) is 0 Å². The first-order valence-electron chi connectivity index (χ1n) is 6.50. The highest BCUT2D eigenvalue weighted by molar-refractivity contribution is 9.10. The van der Waals surface area contributed by atoms with Gasteiger partial charge in [-0.15, -0.1) is 0 Å². The molecule has 0 aliphatic rings. The highest BCUT2D eigenvalue weighted by atomic mass is 79.9. The standard InChI is InChI=1S/C14H18BrFN2O2/c1-2-3-12(15)14(20)17-9-8-13(19)18-11-6-4-10(16)5-7-11/h4-7,12H,2-3,8-9H2,1H3,(H,17,20)(H,18,19)/t12-/m0/s1. The Morgan fingerprint density at radius 1 is 1.30 bits per heavy atom. The summed E-state index contributed by atoms with van der Waals surface area (Å²) in [4.78, 5) is 23.0. The number of alkyl halides is 1. The highest BCUT2D eigenvalue weighted by Crippen LogP contribution is 2.09. The van der Waals surface area contributed by atoms with Gasteiger partial charge < -0.3 is 10.6 Å². The van der Waals surface area contributed by atoms with E-state index in [1.165, 1.54) is 24.3 Å². The average molecular weight is 345 g/mol. The van der Waals surface area contributed by atoms with Crippen molar-refractivity contribution in [2.75, 3.05) is 11.9 Å². The Labute approximate surface area is 126 Å². The molecule has 0 saturated heterocycles. The summed E-state index contributed by atoms with van der Waals surface area (Å²) in [7, 11) is 0. The van der Waals surface area contributed by atoms with Crippen molar-refractivity contribution in [3.63, 3.8) is 0 Å². The summed E-state index contributed by atoms with van der Waals surface area (Å²) in [6.45, 7) is 2.27. The van der Waals surface area contributed by atoms with E-state index < -0.39 is 0 Å². The second-order valence-corrected chi connectivity index (χ2v) is 5.46. The van der Waals surface area contributed by atoms with Crippen LogP contribution in [-0.2, 0) is 9.59 Å². The van der Waals surface area contributed by atoms with Gasteiger partial charge in [0.1, 0.15) is 5.82 Å². The molecule has 2 amide bonds. The van der Waals surface area contributed by atoms with Crippen molar-refractivity contribution in [2.45, 2.75) is 31.0 Å². The van der Waals surface area contributed by atoms with E-state index in [1.54, 1.807) is 0 Å². The smallest absolute Gasteiger partial charge is 0.233 e. The van der Waals surface area contributed by atoms with Gasteiger partial charge in [-0.3, -0.25) is 9.59 Å². The fourth-order valence-electron chi connectivity index (χ4n) is 1.55. The van der Waals surface area contributed by atoms with E-state index in [-0.39, 0.29) is 35.4 Å². The van der Waals surface area contributed by atoms with Gasteiger partial charge in [0, 0.05) is 18.7 Å². The van der Waals surface area contributed by atoms with Crippen molar-refractivity contribution in [3.8, 4) is 0 Å². The van der Waals surface area contributed by atoms with E-state index in [0.717, 1.165) is 12.8 Å². The van der Waals surface area contributed by atoms with Gasteiger partial charge in [-0.25, -0.2) is 4.39 Å². The van der Waals surface area contributed by atoms with Crippen LogP contribution >= 0.6 is 15.9 Å². The molecule has 110 valence electrons. The van der Waals surface area contributed by atoms with E-state index in [1.807, 2.05) is 6.92 Å². The van der Waals surface area contributed by atoms with Crippen LogP contribution in [0.25, 0.3) is 0 Å². The summed E-state index contributed by atoms with van der Waals surface area (Å²) in [5.41, 5.74) is 0.534. The minimum Gasteiger partial charge on any atom is -0.355 e. The minimum atomic E-state index is -0.352. The first-order chi connectivity index (χ1) is 9.52. The molecule has 4 nitrogen and oxygen atoms in total. The third kappa shape index (κ3) is 6.14. The summed E-state index contributed by atoms with van der Waals surface area (Å²) in [5.74, 6) is -0.686. The van der Waals surface area contributed by atoms with E-state index in [2.05, 4.69) is 26.6 Å². The summed E-state index contributed by atoms with van der Waals surface area (Å²) in [5, 5.41) is 5.32. The second kappa shape index (κ2) is 8.68. The predicted molar refractivity (Wildman–Crippen MR) is 80.3 cm³/mol. The van der Waals surface area contributed by atoms with E-state index >= 15 is 0 Å². The maximum atomic E-state index is 12.7. The summed E-state index contributed by atoms with van der Waals surface area (Å²) >= 11 is 3.28. The van der Waals surface area contributed by atoms with E-state index in [4.69, 9.17) is 0 Å². The average Bonchev–Trinajstić information content (AvgIpc) is 2.41. The Balaban J connectivity index is 2.26. The fraction of sp³-hybridized carbons (Fsp3) is 0.429. The van der Waals surface area contributed by atoms with Gasteiger partial charge in [0.25, 0.3) is 0 Å². The van der Waals surface area contributed by atoms with Crippen LogP contribution in [0.15, 0.2) is 24.3 Å². The lowest BCUT2D eigenvalue weighted by Gasteiger charge is -2.10. The van der Waals surface area contributed by atoms with Gasteiger partial charge in [-0.1, -0.05) is 29.3 Å². The molecule has 0 unspecified atom stereocenters. The van der Waals surface area contributed by atoms with Crippen molar-refractivity contribution >= 4 is 33.4 Å². The molecular weight excluding hydrogens is 327 g/mol. The Bertz CT molecular complexity index is 451. The molecule has 0 saturated carbocycles. The lowest BCUT2D eigenvalue weighted by molar-refractivity contribution is -0.120. The first-order valence-corrected chi connectivity index (χ1v) is 7.41. The third-order valence-electron chi connectivity index (χ3n) is 2.61. The zero-order valence-electron chi connectivity index (χ0n) is 11.3. The number of hydrogen-bond donors (Lipinski definition) is 2.